The van der Waals surface area contributed by atoms with E-state index >= 15 is 0 Å². The highest BCUT2D eigenvalue weighted by Gasteiger charge is 2.13. The summed E-state index contributed by atoms with van der Waals surface area (Å²) < 4.78 is 12.7. The topological polar surface area (TPSA) is 48.3 Å². The third kappa shape index (κ3) is 2.93. The molecule has 0 saturated carbocycles. The Morgan fingerprint density at radius 2 is 2.10 bits per heavy atom. The number of methoxy groups -OCH3 is 2. The number of nitrogens with one attached hydrogen (secondary N) is 1. The maximum atomic E-state index is 5.43. The van der Waals surface area contributed by atoms with Crippen molar-refractivity contribution in [2.24, 2.45) is 7.05 Å². The Hall–Kier alpha value is -2.01. The van der Waals surface area contributed by atoms with Gasteiger partial charge in [-0.2, -0.15) is 0 Å². The van der Waals surface area contributed by atoms with Crippen LogP contribution in [0.15, 0.2) is 30.6 Å². The van der Waals surface area contributed by atoms with Crippen LogP contribution in [0, 0.1) is 0 Å². The molecule has 1 unspecified atom stereocenters. The number of rotatable bonds is 6. The van der Waals surface area contributed by atoms with Gasteiger partial charge in [-0.15, -0.1) is 0 Å². The van der Waals surface area contributed by atoms with E-state index in [0.29, 0.717) is 6.54 Å². The van der Waals surface area contributed by atoms with E-state index in [9.17, 15) is 0 Å². The molecule has 0 aliphatic rings. The predicted molar refractivity (Wildman–Crippen MR) is 78.0 cm³/mol. The van der Waals surface area contributed by atoms with Gasteiger partial charge in [0.05, 0.1) is 20.3 Å². The third-order valence-corrected chi connectivity index (χ3v) is 3.33. The van der Waals surface area contributed by atoms with Crippen LogP contribution in [0.3, 0.4) is 0 Å². The normalized spacial score (nSPS) is 12.2. The number of hydrogen-bond donors (Lipinski definition) is 1. The first-order chi connectivity index (χ1) is 9.67. The molecule has 1 heterocycles. The van der Waals surface area contributed by atoms with Crippen molar-refractivity contribution < 1.29 is 9.47 Å². The minimum atomic E-state index is 0.158. The van der Waals surface area contributed by atoms with Gasteiger partial charge in [0.15, 0.2) is 11.5 Å². The summed E-state index contributed by atoms with van der Waals surface area (Å²) in [7, 11) is 5.29. The fourth-order valence-corrected chi connectivity index (χ4v) is 2.24. The number of hydrogen-bond acceptors (Lipinski definition) is 4. The van der Waals surface area contributed by atoms with Crippen LogP contribution in [0.4, 0.5) is 0 Å². The molecule has 2 aromatic rings. The number of imidazole rings is 1. The maximum absolute atomic E-state index is 5.43. The van der Waals surface area contributed by atoms with E-state index in [1.807, 2.05) is 36.0 Å². The largest absolute Gasteiger partial charge is 0.493 e. The quantitative estimate of drug-likeness (QED) is 0.878. The second kappa shape index (κ2) is 6.43. The lowest BCUT2D eigenvalue weighted by atomic mass is 10.1. The Morgan fingerprint density at radius 1 is 1.30 bits per heavy atom. The number of nitrogens with zero attached hydrogens (tertiary/aromatic N) is 2. The zero-order valence-electron chi connectivity index (χ0n) is 12.4. The van der Waals surface area contributed by atoms with Crippen LogP contribution in [0.25, 0.3) is 0 Å². The number of para-hydroxylation sites is 1. The van der Waals surface area contributed by atoms with Gasteiger partial charge in [0.1, 0.15) is 5.82 Å². The van der Waals surface area contributed by atoms with Crippen LogP contribution < -0.4 is 14.8 Å². The summed E-state index contributed by atoms with van der Waals surface area (Å²) in [5, 5.41) is 3.45. The van der Waals surface area contributed by atoms with E-state index in [1.165, 1.54) is 0 Å². The average molecular weight is 275 g/mol. The SMILES string of the molecule is COc1cccc(CNC(C)c2nccn2C)c1OC. The van der Waals surface area contributed by atoms with Crippen LogP contribution in [0.2, 0.25) is 0 Å². The van der Waals surface area contributed by atoms with Gasteiger partial charge in [-0.1, -0.05) is 12.1 Å². The molecular weight excluding hydrogens is 254 g/mol. The van der Waals surface area contributed by atoms with Crippen molar-refractivity contribution in [3.05, 3.63) is 42.0 Å². The second-order valence-electron chi connectivity index (χ2n) is 4.65. The second-order valence-corrected chi connectivity index (χ2v) is 4.65. The van der Waals surface area contributed by atoms with Crippen LogP contribution >= 0.6 is 0 Å². The van der Waals surface area contributed by atoms with E-state index in [1.54, 1.807) is 20.4 Å². The number of aryl methyl sites for hydroxylation is 1. The zero-order valence-corrected chi connectivity index (χ0v) is 12.4. The van der Waals surface area contributed by atoms with Gasteiger partial charge < -0.3 is 19.4 Å². The zero-order chi connectivity index (χ0) is 14.5. The van der Waals surface area contributed by atoms with Gasteiger partial charge in [-0.3, -0.25) is 0 Å². The fourth-order valence-electron chi connectivity index (χ4n) is 2.24. The van der Waals surface area contributed by atoms with Gasteiger partial charge in [0.25, 0.3) is 0 Å². The Kier molecular flexibility index (Phi) is 4.63. The first kappa shape index (κ1) is 14.4. The molecule has 0 aliphatic heterocycles. The highest BCUT2D eigenvalue weighted by molar-refractivity contribution is 5.46. The summed E-state index contributed by atoms with van der Waals surface area (Å²) >= 11 is 0. The molecule has 5 heteroatoms. The Morgan fingerprint density at radius 3 is 2.70 bits per heavy atom. The van der Waals surface area contributed by atoms with Gasteiger partial charge >= 0.3 is 0 Å². The number of aromatic nitrogens is 2. The molecule has 0 saturated heterocycles. The molecule has 0 fully saturated rings. The van der Waals surface area contributed by atoms with Crippen molar-refractivity contribution >= 4 is 0 Å². The van der Waals surface area contributed by atoms with E-state index in [-0.39, 0.29) is 6.04 Å². The summed E-state index contributed by atoms with van der Waals surface area (Å²) in [4.78, 5) is 4.35. The molecule has 5 nitrogen and oxygen atoms in total. The lowest BCUT2D eigenvalue weighted by Crippen LogP contribution is -2.21. The molecule has 1 aromatic heterocycles. The van der Waals surface area contributed by atoms with Crippen LogP contribution in [-0.4, -0.2) is 23.8 Å². The summed E-state index contributed by atoms with van der Waals surface area (Å²) in [5.41, 5.74) is 1.06. The van der Waals surface area contributed by atoms with Gasteiger partial charge in [-0.25, -0.2) is 4.98 Å². The van der Waals surface area contributed by atoms with Gasteiger partial charge in [-0.05, 0) is 13.0 Å². The summed E-state index contributed by atoms with van der Waals surface area (Å²) in [6.07, 6.45) is 3.75. The minimum Gasteiger partial charge on any atom is -0.493 e. The van der Waals surface area contributed by atoms with Crippen molar-refractivity contribution in [2.45, 2.75) is 19.5 Å². The maximum Gasteiger partial charge on any atom is 0.165 e. The molecule has 1 N–H and O–H groups in total. The van der Waals surface area contributed by atoms with Crippen LogP contribution in [-0.2, 0) is 13.6 Å². The van der Waals surface area contributed by atoms with E-state index in [4.69, 9.17) is 9.47 Å². The van der Waals surface area contributed by atoms with Crippen molar-refractivity contribution in [3.63, 3.8) is 0 Å². The molecule has 0 aliphatic carbocycles. The number of ether oxygens (including phenoxy) is 2. The van der Waals surface area contributed by atoms with E-state index in [2.05, 4.69) is 17.2 Å². The molecular formula is C15H21N3O2. The lowest BCUT2D eigenvalue weighted by molar-refractivity contribution is 0.350. The monoisotopic (exact) mass is 275 g/mol. The first-order valence-electron chi connectivity index (χ1n) is 6.57. The predicted octanol–water partition coefficient (Wildman–Crippen LogP) is 2.29. The molecule has 1 atom stereocenters. The minimum absolute atomic E-state index is 0.158. The fraction of sp³-hybridized carbons (Fsp3) is 0.400. The van der Waals surface area contributed by atoms with Crippen LogP contribution in [0.1, 0.15) is 24.4 Å². The molecule has 20 heavy (non-hydrogen) atoms. The lowest BCUT2D eigenvalue weighted by Gasteiger charge is -2.16. The van der Waals surface area contributed by atoms with Gasteiger partial charge in [0.2, 0.25) is 0 Å². The third-order valence-electron chi connectivity index (χ3n) is 3.33. The molecule has 1 aromatic carbocycles. The smallest absolute Gasteiger partial charge is 0.165 e. The van der Waals surface area contributed by atoms with Crippen molar-refractivity contribution in [2.75, 3.05) is 14.2 Å². The molecule has 0 amide bonds. The molecule has 108 valence electrons. The first-order valence-corrected chi connectivity index (χ1v) is 6.57. The highest BCUT2D eigenvalue weighted by atomic mass is 16.5. The van der Waals surface area contributed by atoms with Gasteiger partial charge in [0, 0.05) is 31.5 Å². The Labute approximate surface area is 119 Å². The Balaban J connectivity index is 2.09. The molecule has 0 spiro atoms. The van der Waals surface area contributed by atoms with Crippen molar-refractivity contribution in [1.82, 2.24) is 14.9 Å². The highest BCUT2D eigenvalue weighted by Crippen LogP contribution is 2.30. The number of benzene rings is 1. The van der Waals surface area contributed by atoms with Crippen molar-refractivity contribution in [3.8, 4) is 11.5 Å². The molecule has 0 bridgehead atoms. The average Bonchev–Trinajstić information content (AvgIpc) is 2.90. The van der Waals surface area contributed by atoms with E-state index in [0.717, 1.165) is 22.9 Å². The van der Waals surface area contributed by atoms with E-state index < -0.39 is 0 Å². The standard InChI is InChI=1S/C15H21N3O2/c1-11(15-16-8-9-18(15)2)17-10-12-6-5-7-13(19-3)14(12)20-4/h5-9,11,17H,10H2,1-4H3. The van der Waals surface area contributed by atoms with Crippen LogP contribution in [0.5, 0.6) is 11.5 Å². The summed E-state index contributed by atoms with van der Waals surface area (Å²) in [6.45, 7) is 2.78. The Bertz CT molecular complexity index is 566. The molecule has 2 rings (SSSR count). The molecule has 0 radical (unpaired) electrons. The van der Waals surface area contributed by atoms with Crippen molar-refractivity contribution in [1.29, 1.82) is 0 Å². The summed E-state index contributed by atoms with van der Waals surface area (Å²) in [5.74, 6) is 2.53. The summed E-state index contributed by atoms with van der Waals surface area (Å²) in [6, 6.07) is 6.04.